The van der Waals surface area contributed by atoms with Crippen LogP contribution in [0.2, 0.25) is 0 Å². The molecule has 2 fully saturated rings. The summed E-state index contributed by atoms with van der Waals surface area (Å²) in [6, 6.07) is 8.56. The molecule has 4 nitrogen and oxygen atoms in total. The summed E-state index contributed by atoms with van der Waals surface area (Å²) in [5.41, 5.74) is 1.79. The highest BCUT2D eigenvalue weighted by Gasteiger charge is 2.42. The summed E-state index contributed by atoms with van der Waals surface area (Å²) in [6.45, 7) is 0. The standard InChI is InChI=1S/C19H24N2O2/c22-18-12-16(15-8-4-5-9-17(15)20-18)19(23)21(14-10-11-14)13-6-2-1-3-7-13/h4-5,8-9,13-14,16H,1-3,6-7,10-12H2,(H,20,22)/t16-/m1/s1. The fourth-order valence-electron chi connectivity index (χ4n) is 4.18. The van der Waals surface area contributed by atoms with Gasteiger partial charge in [-0.2, -0.15) is 0 Å². The third-order valence-corrected chi connectivity index (χ3v) is 5.46. The van der Waals surface area contributed by atoms with Gasteiger partial charge in [0.05, 0.1) is 5.92 Å². The molecule has 4 heteroatoms. The second kappa shape index (κ2) is 5.99. The lowest BCUT2D eigenvalue weighted by Gasteiger charge is -2.38. The van der Waals surface area contributed by atoms with Crippen molar-refractivity contribution in [3.8, 4) is 0 Å². The molecule has 122 valence electrons. The zero-order valence-electron chi connectivity index (χ0n) is 13.5. The molecule has 23 heavy (non-hydrogen) atoms. The van der Waals surface area contributed by atoms with Gasteiger partial charge in [-0.3, -0.25) is 9.59 Å². The molecular weight excluding hydrogens is 288 g/mol. The SMILES string of the molecule is O=C1C[C@@H](C(=O)N(C2CCCCC2)C2CC2)c2ccccc2N1. The highest BCUT2D eigenvalue weighted by atomic mass is 16.2. The maximum atomic E-state index is 13.3. The molecule has 0 bridgehead atoms. The Morgan fingerprint density at radius 1 is 1.00 bits per heavy atom. The molecule has 2 saturated carbocycles. The van der Waals surface area contributed by atoms with Crippen LogP contribution in [0.3, 0.4) is 0 Å². The molecule has 0 spiro atoms. The van der Waals surface area contributed by atoms with Crippen molar-refractivity contribution in [2.75, 3.05) is 5.32 Å². The van der Waals surface area contributed by atoms with E-state index in [1.54, 1.807) is 0 Å². The molecule has 1 heterocycles. The van der Waals surface area contributed by atoms with E-state index in [-0.39, 0.29) is 24.2 Å². The molecule has 2 aliphatic carbocycles. The van der Waals surface area contributed by atoms with Crippen molar-refractivity contribution in [2.24, 2.45) is 0 Å². The predicted octanol–water partition coefficient (Wildman–Crippen LogP) is 3.44. The molecular formula is C19H24N2O2. The smallest absolute Gasteiger partial charge is 0.231 e. The van der Waals surface area contributed by atoms with Crippen LogP contribution in [0.1, 0.15) is 62.8 Å². The molecule has 0 aromatic heterocycles. The Morgan fingerprint density at radius 3 is 2.43 bits per heavy atom. The van der Waals surface area contributed by atoms with E-state index in [9.17, 15) is 9.59 Å². The summed E-state index contributed by atoms with van der Waals surface area (Å²) >= 11 is 0. The molecule has 1 N–H and O–H groups in total. The minimum atomic E-state index is -0.303. The Hall–Kier alpha value is -1.84. The van der Waals surface area contributed by atoms with Gasteiger partial charge >= 0.3 is 0 Å². The van der Waals surface area contributed by atoms with Gasteiger partial charge in [0.1, 0.15) is 0 Å². The highest BCUT2D eigenvalue weighted by molar-refractivity contribution is 6.01. The molecule has 1 aliphatic heterocycles. The van der Waals surface area contributed by atoms with Crippen LogP contribution in [-0.4, -0.2) is 28.8 Å². The number of nitrogens with one attached hydrogen (secondary N) is 1. The highest BCUT2D eigenvalue weighted by Crippen LogP contribution is 2.39. The van der Waals surface area contributed by atoms with Gasteiger partial charge in [-0.1, -0.05) is 37.5 Å². The number of hydrogen-bond donors (Lipinski definition) is 1. The van der Waals surface area contributed by atoms with Gasteiger partial charge in [0.2, 0.25) is 11.8 Å². The molecule has 2 amide bonds. The first-order valence-electron chi connectivity index (χ1n) is 8.95. The van der Waals surface area contributed by atoms with Crippen LogP contribution in [0.5, 0.6) is 0 Å². The molecule has 0 unspecified atom stereocenters. The van der Waals surface area contributed by atoms with Crippen LogP contribution in [0.15, 0.2) is 24.3 Å². The fourth-order valence-corrected chi connectivity index (χ4v) is 4.18. The van der Waals surface area contributed by atoms with Crippen LogP contribution in [0.25, 0.3) is 0 Å². The number of hydrogen-bond acceptors (Lipinski definition) is 2. The van der Waals surface area contributed by atoms with Crippen molar-refractivity contribution in [2.45, 2.75) is 69.4 Å². The number of benzene rings is 1. The molecule has 3 aliphatic rings. The van der Waals surface area contributed by atoms with E-state index in [1.165, 1.54) is 19.3 Å². The number of carbonyl (C=O) groups excluding carboxylic acids is 2. The van der Waals surface area contributed by atoms with Crippen LogP contribution < -0.4 is 5.32 Å². The van der Waals surface area contributed by atoms with Crippen molar-refractivity contribution in [1.29, 1.82) is 0 Å². The van der Waals surface area contributed by atoms with Gasteiger partial charge in [0.25, 0.3) is 0 Å². The topological polar surface area (TPSA) is 49.4 Å². The molecule has 1 aromatic carbocycles. The van der Waals surface area contributed by atoms with Crippen molar-refractivity contribution in [1.82, 2.24) is 4.90 Å². The minimum Gasteiger partial charge on any atom is -0.336 e. The Bertz CT molecular complexity index is 618. The summed E-state index contributed by atoms with van der Waals surface area (Å²) in [5, 5.41) is 2.90. The summed E-state index contributed by atoms with van der Waals surface area (Å²) < 4.78 is 0. The van der Waals surface area contributed by atoms with Crippen LogP contribution in [0, 0.1) is 0 Å². The maximum Gasteiger partial charge on any atom is 0.231 e. The van der Waals surface area contributed by atoms with Crippen molar-refractivity contribution >= 4 is 17.5 Å². The molecule has 1 aromatic rings. The first-order valence-corrected chi connectivity index (χ1v) is 8.95. The summed E-state index contributed by atoms with van der Waals surface area (Å²) in [5.74, 6) is -0.161. The van der Waals surface area contributed by atoms with E-state index >= 15 is 0 Å². The van der Waals surface area contributed by atoms with E-state index < -0.39 is 0 Å². The minimum absolute atomic E-state index is 0.0403. The zero-order chi connectivity index (χ0) is 15.8. The zero-order valence-corrected chi connectivity index (χ0v) is 13.5. The monoisotopic (exact) mass is 312 g/mol. The molecule has 1 atom stereocenters. The second-order valence-corrected chi connectivity index (χ2v) is 7.16. The Balaban J connectivity index is 1.63. The molecule has 4 rings (SSSR count). The first kappa shape index (κ1) is 14.7. The third kappa shape index (κ3) is 2.87. The second-order valence-electron chi connectivity index (χ2n) is 7.16. The maximum absolute atomic E-state index is 13.3. The Morgan fingerprint density at radius 2 is 1.70 bits per heavy atom. The lowest BCUT2D eigenvalue weighted by Crippen LogP contribution is -2.46. The summed E-state index contributed by atoms with van der Waals surface area (Å²) in [7, 11) is 0. The van der Waals surface area contributed by atoms with Crippen LogP contribution >= 0.6 is 0 Å². The van der Waals surface area contributed by atoms with Crippen molar-refractivity contribution < 1.29 is 9.59 Å². The Labute approximate surface area is 137 Å². The van der Waals surface area contributed by atoms with Gasteiger partial charge in [-0.25, -0.2) is 0 Å². The van der Waals surface area contributed by atoms with Gasteiger partial charge in [-0.05, 0) is 37.3 Å². The Kier molecular flexibility index (Phi) is 3.83. The largest absolute Gasteiger partial charge is 0.336 e. The van der Waals surface area contributed by atoms with Crippen molar-refractivity contribution in [3.05, 3.63) is 29.8 Å². The first-order chi connectivity index (χ1) is 11.2. The lowest BCUT2D eigenvalue weighted by molar-refractivity contribution is -0.138. The number of amides is 2. The van der Waals surface area contributed by atoms with Crippen LogP contribution in [0.4, 0.5) is 5.69 Å². The number of anilines is 1. The summed E-state index contributed by atoms with van der Waals surface area (Å²) in [4.78, 5) is 27.5. The van der Waals surface area contributed by atoms with Gasteiger partial charge in [0.15, 0.2) is 0 Å². The van der Waals surface area contributed by atoms with Gasteiger partial charge in [-0.15, -0.1) is 0 Å². The molecule has 0 saturated heterocycles. The van der Waals surface area contributed by atoms with Gasteiger partial charge in [0, 0.05) is 24.2 Å². The number of fused-ring (bicyclic) bond motifs is 1. The van der Waals surface area contributed by atoms with Crippen molar-refractivity contribution in [3.63, 3.8) is 0 Å². The van der Waals surface area contributed by atoms with E-state index in [2.05, 4.69) is 10.2 Å². The van der Waals surface area contributed by atoms with E-state index in [0.717, 1.165) is 36.9 Å². The van der Waals surface area contributed by atoms with E-state index in [4.69, 9.17) is 0 Å². The number of nitrogens with zero attached hydrogens (tertiary/aromatic N) is 1. The average molecular weight is 312 g/mol. The van der Waals surface area contributed by atoms with Gasteiger partial charge < -0.3 is 10.2 Å². The number of rotatable bonds is 3. The van der Waals surface area contributed by atoms with Crippen LogP contribution in [-0.2, 0) is 9.59 Å². The number of carbonyl (C=O) groups is 2. The average Bonchev–Trinajstić information content (AvgIpc) is 3.40. The summed E-state index contributed by atoms with van der Waals surface area (Å²) in [6.07, 6.45) is 8.53. The van der Waals surface area contributed by atoms with E-state index in [1.807, 2.05) is 24.3 Å². The number of para-hydroxylation sites is 1. The molecule has 0 radical (unpaired) electrons. The predicted molar refractivity (Wildman–Crippen MR) is 89.2 cm³/mol. The lowest BCUT2D eigenvalue weighted by atomic mass is 9.87. The van der Waals surface area contributed by atoms with E-state index in [0.29, 0.717) is 12.1 Å². The normalized spacial score (nSPS) is 24.7. The fraction of sp³-hybridized carbons (Fsp3) is 0.579. The third-order valence-electron chi connectivity index (χ3n) is 5.46. The quantitative estimate of drug-likeness (QED) is 0.929.